The molecule has 1 atom stereocenters. The van der Waals surface area contributed by atoms with Crippen LogP contribution < -0.4 is 5.56 Å². The standard InChI is InChI=1S/C26H32N6O2/c1-3-18-11-12-23-19(14-18)15-20(26(33)27-23)16-31(17-22-10-7-13-34-22)24(4-2)25-28-29-30-32(25)21-8-5-6-9-21/h7,10-15,21,24H,3-6,8-9,16-17H2,1-2H3,(H,27,33). The van der Waals surface area contributed by atoms with E-state index in [9.17, 15) is 4.79 Å². The summed E-state index contributed by atoms with van der Waals surface area (Å²) in [6.45, 7) is 5.32. The monoisotopic (exact) mass is 460 g/mol. The lowest BCUT2D eigenvalue weighted by atomic mass is 10.1. The lowest BCUT2D eigenvalue weighted by molar-refractivity contribution is 0.146. The van der Waals surface area contributed by atoms with Gasteiger partial charge in [-0.1, -0.05) is 32.8 Å². The van der Waals surface area contributed by atoms with Gasteiger partial charge >= 0.3 is 0 Å². The number of aromatic nitrogens is 5. The summed E-state index contributed by atoms with van der Waals surface area (Å²) in [6.07, 6.45) is 8.10. The minimum absolute atomic E-state index is 0.0437. The van der Waals surface area contributed by atoms with Crippen molar-refractivity contribution in [2.75, 3.05) is 0 Å². The van der Waals surface area contributed by atoms with E-state index in [2.05, 4.69) is 51.4 Å². The average Bonchev–Trinajstić information content (AvgIpc) is 3.62. The molecule has 3 heterocycles. The van der Waals surface area contributed by atoms with Crippen LogP contribution in [0.2, 0.25) is 0 Å². The molecule has 0 spiro atoms. The second kappa shape index (κ2) is 9.93. The molecule has 0 radical (unpaired) electrons. The number of fused-ring (bicyclic) bond motifs is 1. The normalized spacial score (nSPS) is 15.5. The van der Waals surface area contributed by atoms with Gasteiger partial charge in [0.1, 0.15) is 5.76 Å². The number of hydrogen-bond acceptors (Lipinski definition) is 6. The summed E-state index contributed by atoms with van der Waals surface area (Å²) in [5.41, 5.74) is 2.78. The van der Waals surface area contributed by atoms with E-state index in [1.165, 1.54) is 18.4 Å². The van der Waals surface area contributed by atoms with Crippen molar-refractivity contribution in [2.45, 2.75) is 77.5 Å². The molecule has 4 aromatic rings. The zero-order chi connectivity index (χ0) is 23.5. The minimum Gasteiger partial charge on any atom is -0.468 e. The highest BCUT2D eigenvalue weighted by atomic mass is 16.3. The van der Waals surface area contributed by atoms with Crippen molar-refractivity contribution in [2.24, 2.45) is 0 Å². The molecule has 1 fully saturated rings. The van der Waals surface area contributed by atoms with Gasteiger partial charge in [-0.15, -0.1) is 5.10 Å². The summed E-state index contributed by atoms with van der Waals surface area (Å²) >= 11 is 0. The zero-order valence-corrected chi connectivity index (χ0v) is 19.9. The van der Waals surface area contributed by atoms with Crippen molar-refractivity contribution in [1.29, 1.82) is 0 Å². The number of benzene rings is 1. The van der Waals surface area contributed by atoms with Crippen LogP contribution in [0.3, 0.4) is 0 Å². The van der Waals surface area contributed by atoms with Crippen LogP contribution in [-0.4, -0.2) is 30.1 Å². The minimum atomic E-state index is -0.0635. The Morgan fingerprint density at radius 2 is 2.03 bits per heavy atom. The number of pyridine rings is 1. The van der Waals surface area contributed by atoms with Crippen LogP contribution in [0.1, 0.15) is 80.7 Å². The van der Waals surface area contributed by atoms with Crippen molar-refractivity contribution in [3.63, 3.8) is 0 Å². The van der Waals surface area contributed by atoms with Gasteiger partial charge < -0.3 is 9.40 Å². The van der Waals surface area contributed by atoms with Gasteiger partial charge in [-0.05, 0) is 77.4 Å². The third-order valence-corrected chi connectivity index (χ3v) is 7.02. The largest absolute Gasteiger partial charge is 0.468 e. The van der Waals surface area contributed by atoms with Gasteiger partial charge in [-0.3, -0.25) is 9.69 Å². The number of tetrazole rings is 1. The van der Waals surface area contributed by atoms with Crippen LogP contribution in [0.4, 0.5) is 0 Å². The molecule has 3 aromatic heterocycles. The Morgan fingerprint density at radius 1 is 1.18 bits per heavy atom. The first kappa shape index (κ1) is 22.5. The van der Waals surface area contributed by atoms with E-state index in [4.69, 9.17) is 4.42 Å². The number of rotatable bonds is 9. The van der Waals surface area contributed by atoms with Gasteiger partial charge in [0, 0.05) is 17.6 Å². The van der Waals surface area contributed by atoms with Crippen LogP contribution in [0.5, 0.6) is 0 Å². The lowest BCUT2D eigenvalue weighted by Crippen LogP contribution is -2.32. The molecule has 8 nitrogen and oxygen atoms in total. The number of nitrogens with one attached hydrogen (secondary N) is 1. The lowest BCUT2D eigenvalue weighted by Gasteiger charge is -2.30. The molecule has 0 aliphatic heterocycles. The van der Waals surface area contributed by atoms with Crippen molar-refractivity contribution in [1.82, 2.24) is 30.1 Å². The highest BCUT2D eigenvalue weighted by Crippen LogP contribution is 2.33. The Labute approximate surface area is 199 Å². The van der Waals surface area contributed by atoms with E-state index in [1.54, 1.807) is 6.26 Å². The Morgan fingerprint density at radius 3 is 2.76 bits per heavy atom. The van der Waals surface area contributed by atoms with E-state index < -0.39 is 0 Å². The summed E-state index contributed by atoms with van der Waals surface area (Å²) in [7, 11) is 0. The van der Waals surface area contributed by atoms with Gasteiger partial charge in [0.25, 0.3) is 5.56 Å². The fourth-order valence-corrected chi connectivity index (χ4v) is 5.17. The molecule has 5 rings (SSSR count). The Balaban J connectivity index is 1.52. The van der Waals surface area contributed by atoms with Gasteiger partial charge in [-0.2, -0.15) is 0 Å². The maximum atomic E-state index is 13.0. The summed E-state index contributed by atoms with van der Waals surface area (Å²) in [4.78, 5) is 18.4. The van der Waals surface area contributed by atoms with Crippen molar-refractivity contribution in [3.8, 4) is 0 Å². The zero-order valence-electron chi connectivity index (χ0n) is 19.9. The second-order valence-corrected chi connectivity index (χ2v) is 9.23. The van der Waals surface area contributed by atoms with E-state index >= 15 is 0 Å². The predicted molar refractivity (Wildman–Crippen MR) is 130 cm³/mol. The quantitative estimate of drug-likeness (QED) is 0.380. The van der Waals surface area contributed by atoms with Crippen molar-refractivity contribution in [3.05, 3.63) is 75.7 Å². The second-order valence-electron chi connectivity index (χ2n) is 9.23. The topological polar surface area (TPSA) is 92.8 Å². The molecule has 1 aliphatic carbocycles. The molecule has 0 saturated heterocycles. The number of aromatic amines is 1. The third-order valence-electron chi connectivity index (χ3n) is 7.02. The van der Waals surface area contributed by atoms with E-state index in [-0.39, 0.29) is 11.6 Å². The smallest absolute Gasteiger partial charge is 0.252 e. The number of nitrogens with zero attached hydrogens (tertiary/aromatic N) is 5. The molecule has 8 heteroatoms. The molecular weight excluding hydrogens is 428 g/mol. The summed E-state index contributed by atoms with van der Waals surface area (Å²) < 4.78 is 7.71. The average molecular weight is 461 g/mol. The fourth-order valence-electron chi connectivity index (χ4n) is 5.17. The molecule has 1 unspecified atom stereocenters. The van der Waals surface area contributed by atoms with Crippen LogP contribution in [0.25, 0.3) is 10.9 Å². The molecule has 0 bridgehead atoms. The van der Waals surface area contributed by atoms with Crippen LogP contribution in [0, 0.1) is 0 Å². The number of hydrogen-bond donors (Lipinski definition) is 1. The Kier molecular flexibility index (Phi) is 6.58. The molecule has 34 heavy (non-hydrogen) atoms. The SMILES string of the molecule is CCc1ccc2[nH]c(=O)c(CN(Cc3ccco3)C(CC)c3nnnn3C3CCCC3)cc2c1. The van der Waals surface area contributed by atoms with Crippen molar-refractivity contribution < 1.29 is 4.42 Å². The van der Waals surface area contributed by atoms with Crippen LogP contribution in [-0.2, 0) is 19.5 Å². The van der Waals surface area contributed by atoms with E-state index in [0.29, 0.717) is 19.1 Å². The molecule has 1 saturated carbocycles. The molecule has 0 amide bonds. The molecule has 1 aromatic carbocycles. The Hall–Kier alpha value is -3.26. The fraction of sp³-hybridized carbons (Fsp3) is 0.462. The van der Waals surface area contributed by atoms with Crippen LogP contribution >= 0.6 is 0 Å². The third kappa shape index (κ3) is 4.55. The van der Waals surface area contributed by atoms with Gasteiger partial charge in [0.15, 0.2) is 5.82 Å². The first-order chi connectivity index (χ1) is 16.7. The first-order valence-corrected chi connectivity index (χ1v) is 12.3. The molecular formula is C26H32N6O2. The highest BCUT2D eigenvalue weighted by molar-refractivity contribution is 5.79. The van der Waals surface area contributed by atoms with Crippen molar-refractivity contribution >= 4 is 10.9 Å². The maximum Gasteiger partial charge on any atom is 0.252 e. The molecule has 1 N–H and O–H groups in total. The number of furan rings is 1. The summed E-state index contributed by atoms with van der Waals surface area (Å²) in [5, 5.41) is 13.9. The maximum absolute atomic E-state index is 13.0. The van der Waals surface area contributed by atoms with Gasteiger partial charge in [-0.25, -0.2) is 4.68 Å². The summed E-state index contributed by atoms with van der Waals surface area (Å²) in [5.74, 6) is 1.72. The van der Waals surface area contributed by atoms with E-state index in [0.717, 1.165) is 53.7 Å². The number of H-pyrrole nitrogens is 1. The predicted octanol–water partition coefficient (Wildman–Crippen LogP) is 4.94. The molecule has 178 valence electrons. The highest BCUT2D eigenvalue weighted by Gasteiger charge is 2.30. The molecule has 1 aliphatic rings. The Bertz CT molecular complexity index is 1290. The van der Waals surface area contributed by atoms with Crippen LogP contribution in [0.15, 0.2) is 51.9 Å². The first-order valence-electron chi connectivity index (χ1n) is 12.3. The summed E-state index contributed by atoms with van der Waals surface area (Å²) in [6, 6.07) is 12.4. The van der Waals surface area contributed by atoms with Gasteiger partial charge in [0.05, 0.1) is 24.9 Å². The van der Waals surface area contributed by atoms with Gasteiger partial charge in [0.2, 0.25) is 0 Å². The number of aryl methyl sites for hydroxylation is 1. The van der Waals surface area contributed by atoms with E-state index in [1.807, 2.05) is 28.9 Å².